The van der Waals surface area contributed by atoms with Crippen molar-refractivity contribution in [1.82, 2.24) is 15.5 Å². The first-order chi connectivity index (χ1) is 20.1. The van der Waals surface area contributed by atoms with Crippen molar-refractivity contribution in [3.8, 4) is 11.5 Å². The van der Waals surface area contributed by atoms with Crippen LogP contribution >= 0.6 is 0 Å². The molecule has 0 saturated carbocycles. The number of aromatic hydroxyl groups is 2. The van der Waals surface area contributed by atoms with E-state index in [4.69, 9.17) is 4.74 Å². The normalized spacial score (nSPS) is 13.1. The lowest BCUT2D eigenvalue weighted by atomic mass is 9.98. The number of carbonyl (C=O) groups is 3. The molecule has 9 nitrogen and oxygen atoms in total. The molecule has 43 heavy (non-hydrogen) atoms. The van der Waals surface area contributed by atoms with Gasteiger partial charge in [-0.25, -0.2) is 4.79 Å². The summed E-state index contributed by atoms with van der Waals surface area (Å²) >= 11 is 0. The van der Waals surface area contributed by atoms with E-state index in [0.29, 0.717) is 17.5 Å². The second-order valence-corrected chi connectivity index (χ2v) is 13.1. The van der Waals surface area contributed by atoms with Crippen LogP contribution in [-0.2, 0) is 20.7 Å². The topological polar surface area (TPSA) is 128 Å². The zero-order valence-corrected chi connectivity index (χ0v) is 26.9. The number of rotatable bonds is 14. The SMILES string of the molecule is CCCCCCCCN(C(=O)C(Cc1ccc(O)cc1)NC(=O)OC(C)(C)C)C(C(=O)NC(C)(C)C)c1cccc(O)c1. The predicted octanol–water partition coefficient (Wildman–Crippen LogP) is 6.38. The van der Waals surface area contributed by atoms with Crippen molar-refractivity contribution in [3.05, 3.63) is 59.7 Å². The molecule has 0 radical (unpaired) electrons. The number of ether oxygens (including phenoxy) is 1. The van der Waals surface area contributed by atoms with Crippen molar-refractivity contribution in [2.75, 3.05) is 6.54 Å². The Morgan fingerprint density at radius 3 is 2.07 bits per heavy atom. The van der Waals surface area contributed by atoms with Gasteiger partial charge in [0.2, 0.25) is 11.8 Å². The van der Waals surface area contributed by atoms with Crippen LogP contribution in [0.3, 0.4) is 0 Å². The average molecular weight is 598 g/mol. The standard InChI is InChI=1S/C34H51N3O6/c1-8-9-10-11-12-13-21-37(29(30(40)36-33(2,3)4)25-15-14-16-27(39)23-25)31(41)28(35-32(42)43-34(5,6)7)22-24-17-19-26(38)20-18-24/h14-20,23,28-29,38-39H,8-13,21-22H2,1-7H3,(H,35,42)(H,36,40). The molecule has 0 fully saturated rings. The Kier molecular flexibility index (Phi) is 13.3. The minimum absolute atomic E-state index is 0.0226. The van der Waals surface area contributed by atoms with Crippen LogP contribution in [0.2, 0.25) is 0 Å². The molecule has 2 aromatic carbocycles. The molecule has 238 valence electrons. The summed E-state index contributed by atoms with van der Waals surface area (Å²) in [6.07, 6.45) is 5.24. The van der Waals surface area contributed by atoms with Crippen molar-refractivity contribution in [2.24, 2.45) is 0 Å². The molecule has 0 aliphatic heterocycles. The van der Waals surface area contributed by atoms with Gasteiger partial charge in [0.15, 0.2) is 0 Å². The molecule has 0 spiro atoms. The minimum Gasteiger partial charge on any atom is -0.508 e. The first-order valence-corrected chi connectivity index (χ1v) is 15.3. The quantitative estimate of drug-likeness (QED) is 0.187. The highest BCUT2D eigenvalue weighted by molar-refractivity contribution is 5.92. The second-order valence-electron chi connectivity index (χ2n) is 13.1. The van der Waals surface area contributed by atoms with Gasteiger partial charge in [0.25, 0.3) is 0 Å². The molecule has 4 N–H and O–H groups in total. The van der Waals surface area contributed by atoms with Crippen LogP contribution in [0.25, 0.3) is 0 Å². The van der Waals surface area contributed by atoms with Crippen molar-refractivity contribution < 1.29 is 29.3 Å². The van der Waals surface area contributed by atoms with Crippen molar-refractivity contribution in [3.63, 3.8) is 0 Å². The fourth-order valence-corrected chi connectivity index (χ4v) is 4.75. The van der Waals surface area contributed by atoms with Crippen LogP contribution in [-0.4, -0.2) is 56.7 Å². The van der Waals surface area contributed by atoms with E-state index in [0.717, 1.165) is 32.1 Å². The number of phenolic OH excluding ortho intramolecular Hbond substituents is 2. The number of hydrogen-bond acceptors (Lipinski definition) is 6. The Bertz CT molecular complexity index is 1180. The minimum atomic E-state index is -1.07. The summed E-state index contributed by atoms with van der Waals surface area (Å²) in [5, 5.41) is 25.8. The molecule has 9 heteroatoms. The Labute approximate surface area is 257 Å². The Balaban J connectivity index is 2.56. The molecule has 0 heterocycles. The Morgan fingerprint density at radius 1 is 0.860 bits per heavy atom. The largest absolute Gasteiger partial charge is 0.508 e. The van der Waals surface area contributed by atoms with Crippen LogP contribution in [0.1, 0.15) is 104 Å². The number of alkyl carbamates (subject to hydrolysis) is 1. The van der Waals surface area contributed by atoms with Crippen molar-refractivity contribution in [1.29, 1.82) is 0 Å². The summed E-state index contributed by atoms with van der Waals surface area (Å²) in [7, 11) is 0. The molecule has 2 unspecified atom stereocenters. The number of benzene rings is 2. The summed E-state index contributed by atoms with van der Waals surface area (Å²) in [4.78, 5) is 42.9. The van der Waals surface area contributed by atoms with Crippen molar-refractivity contribution >= 4 is 17.9 Å². The van der Waals surface area contributed by atoms with Gasteiger partial charge in [-0.05, 0) is 83.4 Å². The number of unbranched alkanes of at least 4 members (excludes halogenated alkanes) is 5. The second kappa shape index (κ2) is 16.2. The Morgan fingerprint density at radius 2 is 1.49 bits per heavy atom. The van der Waals surface area contributed by atoms with Gasteiger partial charge in [0.05, 0.1) is 0 Å². The predicted molar refractivity (Wildman–Crippen MR) is 169 cm³/mol. The molecule has 2 rings (SSSR count). The lowest BCUT2D eigenvalue weighted by Crippen LogP contribution is -2.55. The van der Waals surface area contributed by atoms with E-state index in [-0.39, 0.29) is 24.5 Å². The van der Waals surface area contributed by atoms with E-state index >= 15 is 0 Å². The first-order valence-electron chi connectivity index (χ1n) is 15.3. The van der Waals surface area contributed by atoms with Gasteiger partial charge in [-0.1, -0.05) is 63.3 Å². The zero-order valence-electron chi connectivity index (χ0n) is 26.9. The lowest BCUT2D eigenvalue weighted by Gasteiger charge is -2.36. The number of carbonyl (C=O) groups excluding carboxylic acids is 3. The molecule has 3 amide bonds. The van der Waals surface area contributed by atoms with Gasteiger partial charge in [0.1, 0.15) is 29.2 Å². The Hall–Kier alpha value is -3.75. The fraction of sp³-hybridized carbons (Fsp3) is 0.559. The van der Waals surface area contributed by atoms with Crippen LogP contribution in [0.4, 0.5) is 4.79 Å². The van der Waals surface area contributed by atoms with E-state index in [2.05, 4.69) is 17.6 Å². The van der Waals surface area contributed by atoms with Gasteiger partial charge in [-0.2, -0.15) is 0 Å². The third-order valence-corrected chi connectivity index (χ3v) is 6.65. The van der Waals surface area contributed by atoms with Gasteiger partial charge < -0.3 is 30.5 Å². The van der Waals surface area contributed by atoms with E-state index in [1.54, 1.807) is 45.0 Å². The number of nitrogens with zero attached hydrogens (tertiary/aromatic N) is 1. The van der Waals surface area contributed by atoms with Crippen LogP contribution in [0, 0.1) is 0 Å². The van der Waals surface area contributed by atoms with Crippen LogP contribution in [0.5, 0.6) is 11.5 Å². The molecule has 0 aliphatic carbocycles. The highest BCUT2D eigenvalue weighted by Crippen LogP contribution is 2.28. The fourth-order valence-electron chi connectivity index (χ4n) is 4.75. The summed E-state index contributed by atoms with van der Waals surface area (Å²) in [5.74, 6) is -0.784. The van der Waals surface area contributed by atoms with E-state index in [1.165, 1.54) is 29.2 Å². The molecule has 0 bridgehead atoms. The zero-order chi connectivity index (χ0) is 32.2. The summed E-state index contributed by atoms with van der Waals surface area (Å²) in [6.45, 7) is 13.2. The van der Waals surface area contributed by atoms with Crippen LogP contribution in [0.15, 0.2) is 48.5 Å². The highest BCUT2D eigenvalue weighted by Gasteiger charge is 2.37. The molecule has 0 aromatic heterocycles. The smallest absolute Gasteiger partial charge is 0.408 e. The highest BCUT2D eigenvalue weighted by atomic mass is 16.6. The molecule has 2 atom stereocenters. The first kappa shape index (κ1) is 35.4. The molecule has 2 aromatic rings. The van der Waals surface area contributed by atoms with Gasteiger partial charge >= 0.3 is 6.09 Å². The maximum Gasteiger partial charge on any atom is 0.408 e. The molecule has 0 saturated heterocycles. The monoisotopic (exact) mass is 597 g/mol. The van der Waals surface area contributed by atoms with Crippen molar-refractivity contribution in [2.45, 2.75) is 117 Å². The van der Waals surface area contributed by atoms with Gasteiger partial charge in [0, 0.05) is 18.5 Å². The lowest BCUT2D eigenvalue weighted by molar-refractivity contribution is -0.143. The number of phenols is 2. The van der Waals surface area contributed by atoms with E-state index < -0.39 is 41.1 Å². The van der Waals surface area contributed by atoms with Crippen LogP contribution < -0.4 is 10.6 Å². The van der Waals surface area contributed by atoms with Gasteiger partial charge in [-0.15, -0.1) is 0 Å². The molecular formula is C34H51N3O6. The van der Waals surface area contributed by atoms with Gasteiger partial charge in [-0.3, -0.25) is 9.59 Å². The molecule has 0 aliphatic rings. The van der Waals surface area contributed by atoms with E-state index in [1.807, 2.05) is 20.8 Å². The third kappa shape index (κ3) is 13.0. The molecular weight excluding hydrogens is 546 g/mol. The number of hydrogen-bond donors (Lipinski definition) is 4. The summed E-state index contributed by atoms with van der Waals surface area (Å²) in [6, 6.07) is 10.6. The number of nitrogens with one attached hydrogen (secondary N) is 2. The third-order valence-electron chi connectivity index (χ3n) is 6.65. The summed E-state index contributed by atoms with van der Waals surface area (Å²) < 4.78 is 5.49. The van der Waals surface area contributed by atoms with E-state index in [9.17, 15) is 24.6 Å². The summed E-state index contributed by atoms with van der Waals surface area (Å²) in [5.41, 5.74) is -0.201. The maximum atomic E-state index is 14.5. The number of amides is 3. The maximum absolute atomic E-state index is 14.5. The average Bonchev–Trinajstić information content (AvgIpc) is 2.88.